The third kappa shape index (κ3) is 5.41. The number of nitrogen functional groups attached to an aromatic ring is 2. The Labute approximate surface area is 134 Å². The molecule has 1 amide bonds. The van der Waals surface area contributed by atoms with Gasteiger partial charge >= 0.3 is 0 Å². The number of nitrogens with one attached hydrogen (secondary N) is 1. The van der Waals surface area contributed by atoms with Gasteiger partial charge in [0.05, 0.1) is 10.7 Å². The lowest BCUT2D eigenvalue weighted by atomic mass is 10.3. The second kappa shape index (κ2) is 7.91. The molecule has 7 N–H and O–H groups in total. The number of nitro benzene ring substituents is 1. The highest BCUT2D eigenvalue weighted by Crippen LogP contribution is 2.19. The summed E-state index contributed by atoms with van der Waals surface area (Å²) in [5.74, 6) is 0.101. The van der Waals surface area contributed by atoms with Gasteiger partial charge in [0.25, 0.3) is 5.69 Å². The molecule has 0 saturated carbocycles. The molecule has 0 radical (unpaired) electrons. The molecule has 0 bridgehead atoms. The summed E-state index contributed by atoms with van der Waals surface area (Å²) in [5, 5.41) is 13.5. The van der Waals surface area contributed by atoms with Gasteiger partial charge in [-0.1, -0.05) is 17.8 Å². The van der Waals surface area contributed by atoms with Gasteiger partial charge in [0.2, 0.25) is 5.91 Å². The van der Waals surface area contributed by atoms with Crippen molar-refractivity contribution in [2.75, 3.05) is 22.5 Å². The molecule has 1 aromatic carbocycles. The number of aromatic nitrogens is 2. The average molecular weight is 338 g/mol. The largest absolute Gasteiger partial charge is 0.412 e. The Morgan fingerprint density at radius 1 is 1.26 bits per heavy atom. The number of rotatable bonds is 5. The van der Waals surface area contributed by atoms with Crippen molar-refractivity contribution in [3.63, 3.8) is 0 Å². The average Bonchev–Trinajstić information content (AvgIpc) is 2.44. The summed E-state index contributed by atoms with van der Waals surface area (Å²) in [6, 6.07) is 7.08. The van der Waals surface area contributed by atoms with Crippen LogP contribution in [0.2, 0.25) is 0 Å². The SMILES string of the molecule is Nc1cc(N)nc(SCC(=O)Nc2cccc([N+](=O)[O-])c2)n1.O. The predicted molar refractivity (Wildman–Crippen MR) is 86.9 cm³/mol. The predicted octanol–water partition coefficient (Wildman–Crippen LogP) is 0.455. The molecular weight excluding hydrogens is 324 g/mol. The van der Waals surface area contributed by atoms with E-state index in [-0.39, 0.29) is 39.6 Å². The molecule has 0 aliphatic heterocycles. The number of carbonyl (C=O) groups is 1. The highest BCUT2D eigenvalue weighted by Gasteiger charge is 2.10. The van der Waals surface area contributed by atoms with Crippen LogP contribution in [0.5, 0.6) is 0 Å². The number of hydrogen-bond acceptors (Lipinski definition) is 8. The number of anilines is 3. The van der Waals surface area contributed by atoms with E-state index in [1.165, 1.54) is 24.3 Å². The van der Waals surface area contributed by atoms with E-state index in [1.54, 1.807) is 6.07 Å². The Kier molecular flexibility index (Phi) is 6.24. The number of thioether (sulfide) groups is 1. The smallest absolute Gasteiger partial charge is 0.271 e. The van der Waals surface area contributed by atoms with Crippen molar-refractivity contribution in [2.24, 2.45) is 0 Å². The van der Waals surface area contributed by atoms with Crippen LogP contribution in [-0.2, 0) is 4.79 Å². The second-order valence-corrected chi connectivity index (χ2v) is 5.09. The summed E-state index contributed by atoms with van der Waals surface area (Å²) < 4.78 is 0. The summed E-state index contributed by atoms with van der Waals surface area (Å²) >= 11 is 1.06. The van der Waals surface area contributed by atoms with Crippen molar-refractivity contribution in [3.8, 4) is 0 Å². The fraction of sp³-hybridized carbons (Fsp3) is 0.0833. The Bertz CT molecular complexity index is 706. The Morgan fingerprint density at radius 3 is 2.52 bits per heavy atom. The van der Waals surface area contributed by atoms with Gasteiger partial charge in [0.15, 0.2) is 5.16 Å². The number of hydrogen-bond donors (Lipinski definition) is 3. The minimum absolute atomic E-state index is 0. The zero-order valence-corrected chi connectivity index (χ0v) is 12.5. The van der Waals surface area contributed by atoms with Crippen molar-refractivity contribution >= 4 is 40.7 Å². The first-order valence-corrected chi connectivity index (χ1v) is 7.00. The fourth-order valence-electron chi connectivity index (χ4n) is 1.55. The molecule has 11 heteroatoms. The monoisotopic (exact) mass is 338 g/mol. The molecule has 2 aromatic rings. The van der Waals surface area contributed by atoms with Crippen molar-refractivity contribution in [1.82, 2.24) is 9.97 Å². The van der Waals surface area contributed by atoms with Crippen LogP contribution < -0.4 is 16.8 Å². The van der Waals surface area contributed by atoms with Crippen LogP contribution in [0.3, 0.4) is 0 Å². The molecule has 0 spiro atoms. The van der Waals surface area contributed by atoms with Crippen molar-refractivity contribution in [3.05, 3.63) is 40.4 Å². The second-order valence-electron chi connectivity index (χ2n) is 4.14. The van der Waals surface area contributed by atoms with Crippen LogP contribution in [0, 0.1) is 10.1 Å². The lowest BCUT2D eigenvalue weighted by Crippen LogP contribution is -2.14. The number of nitrogens with zero attached hydrogens (tertiary/aromatic N) is 3. The quantitative estimate of drug-likeness (QED) is 0.304. The molecule has 0 unspecified atom stereocenters. The maximum Gasteiger partial charge on any atom is 0.271 e. The minimum Gasteiger partial charge on any atom is -0.412 e. The van der Waals surface area contributed by atoms with Crippen LogP contribution >= 0.6 is 11.8 Å². The lowest BCUT2D eigenvalue weighted by molar-refractivity contribution is -0.384. The lowest BCUT2D eigenvalue weighted by Gasteiger charge is -2.05. The molecule has 10 nitrogen and oxygen atoms in total. The zero-order valence-electron chi connectivity index (χ0n) is 11.7. The molecule has 0 aliphatic rings. The first-order chi connectivity index (χ1) is 10.4. The Hall–Kier alpha value is -2.92. The van der Waals surface area contributed by atoms with E-state index in [0.717, 1.165) is 11.8 Å². The van der Waals surface area contributed by atoms with Gasteiger partial charge in [-0.15, -0.1) is 0 Å². The van der Waals surface area contributed by atoms with E-state index in [2.05, 4.69) is 15.3 Å². The van der Waals surface area contributed by atoms with E-state index in [0.29, 0.717) is 5.69 Å². The third-order valence-electron chi connectivity index (χ3n) is 2.42. The van der Waals surface area contributed by atoms with Crippen molar-refractivity contribution < 1.29 is 15.2 Å². The third-order valence-corrected chi connectivity index (χ3v) is 3.27. The van der Waals surface area contributed by atoms with Gasteiger partial charge in [-0.25, -0.2) is 9.97 Å². The van der Waals surface area contributed by atoms with Gasteiger partial charge in [-0.3, -0.25) is 14.9 Å². The Morgan fingerprint density at radius 2 is 1.91 bits per heavy atom. The summed E-state index contributed by atoms with van der Waals surface area (Å²) in [4.78, 5) is 29.8. The summed E-state index contributed by atoms with van der Waals surface area (Å²) in [7, 11) is 0. The normalized spacial score (nSPS) is 9.74. The maximum absolute atomic E-state index is 11.8. The van der Waals surface area contributed by atoms with E-state index in [9.17, 15) is 14.9 Å². The number of amides is 1. The molecule has 0 saturated heterocycles. The molecule has 0 aliphatic carbocycles. The molecule has 2 rings (SSSR count). The molecular formula is C12H14N6O4S. The van der Waals surface area contributed by atoms with Gasteiger partial charge in [-0.05, 0) is 6.07 Å². The first kappa shape index (κ1) is 18.1. The standard InChI is InChI=1S/C12H12N6O3S.H2O/c13-9-5-10(14)17-12(16-9)22-6-11(19)15-7-2-1-3-8(4-7)18(20)21;/h1-5H,6H2,(H,15,19)(H4,13,14,16,17);1H2. The van der Waals surface area contributed by atoms with Crippen molar-refractivity contribution in [2.45, 2.75) is 5.16 Å². The van der Waals surface area contributed by atoms with E-state index >= 15 is 0 Å². The van der Waals surface area contributed by atoms with E-state index in [4.69, 9.17) is 11.5 Å². The summed E-state index contributed by atoms with van der Waals surface area (Å²) in [5.41, 5.74) is 11.3. The van der Waals surface area contributed by atoms with E-state index in [1.807, 2.05) is 0 Å². The minimum atomic E-state index is -0.534. The van der Waals surface area contributed by atoms with Crippen LogP contribution in [0.4, 0.5) is 23.0 Å². The van der Waals surface area contributed by atoms with Gasteiger partial charge in [0.1, 0.15) is 11.6 Å². The van der Waals surface area contributed by atoms with Crippen molar-refractivity contribution in [1.29, 1.82) is 0 Å². The van der Waals surface area contributed by atoms with Gasteiger partial charge < -0.3 is 22.3 Å². The number of nitrogens with two attached hydrogens (primary N) is 2. The molecule has 1 heterocycles. The molecule has 1 aromatic heterocycles. The van der Waals surface area contributed by atoms with Crippen LogP contribution in [-0.4, -0.2) is 32.0 Å². The van der Waals surface area contributed by atoms with Gasteiger partial charge in [-0.2, -0.15) is 0 Å². The van der Waals surface area contributed by atoms with Crippen LogP contribution in [0.1, 0.15) is 0 Å². The summed E-state index contributed by atoms with van der Waals surface area (Å²) in [6.45, 7) is 0. The molecule has 122 valence electrons. The van der Waals surface area contributed by atoms with E-state index < -0.39 is 4.92 Å². The number of non-ortho nitro benzene ring substituents is 1. The molecule has 23 heavy (non-hydrogen) atoms. The topological polar surface area (TPSA) is 182 Å². The fourth-order valence-corrected chi connectivity index (χ4v) is 2.22. The summed E-state index contributed by atoms with van der Waals surface area (Å²) in [6.07, 6.45) is 0. The first-order valence-electron chi connectivity index (χ1n) is 6.01. The number of benzene rings is 1. The number of nitro groups is 1. The highest BCUT2D eigenvalue weighted by atomic mass is 32.2. The molecule has 0 fully saturated rings. The zero-order chi connectivity index (χ0) is 16.1. The Balaban J connectivity index is 0.00000264. The van der Waals surface area contributed by atoms with Crippen LogP contribution in [0.15, 0.2) is 35.5 Å². The molecule has 0 atom stereocenters. The van der Waals surface area contributed by atoms with Crippen LogP contribution in [0.25, 0.3) is 0 Å². The maximum atomic E-state index is 11.8. The van der Waals surface area contributed by atoms with Gasteiger partial charge in [0, 0.05) is 23.9 Å². The number of carbonyl (C=O) groups excluding carboxylic acids is 1. The highest BCUT2D eigenvalue weighted by molar-refractivity contribution is 7.99.